The zero-order valence-corrected chi connectivity index (χ0v) is 13.9. The molecular formula is C15H18BrN3S. The number of hydrogen-bond donors (Lipinski definition) is 2. The van der Waals surface area contributed by atoms with Crippen LogP contribution in [0.5, 0.6) is 0 Å². The lowest BCUT2D eigenvalue weighted by molar-refractivity contribution is 0.380. The number of benzene rings is 1. The van der Waals surface area contributed by atoms with E-state index < -0.39 is 0 Å². The molecule has 1 aromatic carbocycles. The SMILES string of the molecule is CSC1(CNc2c(N)cnc3ccc(Br)cc23)CCC1. The fraction of sp³-hybridized carbons (Fsp3) is 0.400. The van der Waals surface area contributed by atoms with Crippen LogP contribution in [-0.4, -0.2) is 22.5 Å². The van der Waals surface area contributed by atoms with Gasteiger partial charge in [0.05, 0.1) is 23.1 Å². The van der Waals surface area contributed by atoms with Crippen LogP contribution in [0.2, 0.25) is 0 Å². The third-order valence-corrected chi connectivity index (χ3v) is 6.06. The van der Waals surface area contributed by atoms with Crippen LogP contribution < -0.4 is 11.1 Å². The molecule has 2 aromatic rings. The summed E-state index contributed by atoms with van der Waals surface area (Å²) in [5.41, 5.74) is 8.81. The van der Waals surface area contributed by atoms with Gasteiger partial charge in [-0.2, -0.15) is 11.8 Å². The van der Waals surface area contributed by atoms with E-state index in [1.807, 2.05) is 23.9 Å². The number of hydrogen-bond acceptors (Lipinski definition) is 4. The third-order valence-electron chi connectivity index (χ3n) is 4.14. The average molecular weight is 352 g/mol. The Bertz CT molecular complexity index is 630. The van der Waals surface area contributed by atoms with Crippen LogP contribution in [0, 0.1) is 0 Å². The van der Waals surface area contributed by atoms with Gasteiger partial charge in [0.25, 0.3) is 0 Å². The third kappa shape index (κ3) is 2.49. The molecular weight excluding hydrogens is 334 g/mol. The number of nitrogens with zero attached hydrogens (tertiary/aromatic N) is 1. The predicted molar refractivity (Wildman–Crippen MR) is 92.4 cm³/mol. The molecule has 1 saturated carbocycles. The number of rotatable bonds is 4. The van der Waals surface area contributed by atoms with E-state index in [9.17, 15) is 0 Å². The van der Waals surface area contributed by atoms with Gasteiger partial charge in [0, 0.05) is 21.2 Å². The number of nitrogens with two attached hydrogens (primary N) is 1. The summed E-state index contributed by atoms with van der Waals surface area (Å²) in [7, 11) is 0. The summed E-state index contributed by atoms with van der Waals surface area (Å²) in [6.07, 6.45) is 7.85. The molecule has 0 aliphatic heterocycles. The maximum Gasteiger partial charge on any atom is 0.0743 e. The first-order valence-electron chi connectivity index (χ1n) is 6.76. The Morgan fingerprint density at radius 2 is 2.25 bits per heavy atom. The summed E-state index contributed by atoms with van der Waals surface area (Å²) in [4.78, 5) is 4.39. The predicted octanol–water partition coefficient (Wildman–Crippen LogP) is 4.28. The Hall–Kier alpha value is -0.940. The molecule has 0 saturated heterocycles. The maximum absolute atomic E-state index is 6.12. The molecule has 0 unspecified atom stereocenters. The monoisotopic (exact) mass is 351 g/mol. The van der Waals surface area contributed by atoms with E-state index in [2.05, 4.69) is 38.6 Å². The molecule has 5 heteroatoms. The fourth-order valence-electron chi connectivity index (χ4n) is 2.65. The normalized spacial score (nSPS) is 16.9. The Morgan fingerprint density at radius 1 is 1.45 bits per heavy atom. The molecule has 0 spiro atoms. The van der Waals surface area contributed by atoms with E-state index in [0.717, 1.165) is 27.6 Å². The van der Waals surface area contributed by atoms with Crippen molar-refractivity contribution in [3.8, 4) is 0 Å². The summed E-state index contributed by atoms with van der Waals surface area (Å²) in [5, 5.41) is 4.65. The van der Waals surface area contributed by atoms with Gasteiger partial charge in [0.15, 0.2) is 0 Å². The van der Waals surface area contributed by atoms with Gasteiger partial charge in [-0.05, 0) is 37.3 Å². The first-order chi connectivity index (χ1) is 9.63. The quantitative estimate of drug-likeness (QED) is 0.863. The Labute approximate surface area is 131 Å². The summed E-state index contributed by atoms with van der Waals surface area (Å²) in [5.74, 6) is 0. The van der Waals surface area contributed by atoms with Gasteiger partial charge in [-0.3, -0.25) is 4.98 Å². The van der Waals surface area contributed by atoms with Crippen molar-refractivity contribution in [2.75, 3.05) is 23.9 Å². The van der Waals surface area contributed by atoms with E-state index in [1.54, 1.807) is 6.20 Å². The van der Waals surface area contributed by atoms with Gasteiger partial charge in [-0.25, -0.2) is 0 Å². The number of thioether (sulfide) groups is 1. The number of fused-ring (bicyclic) bond motifs is 1. The van der Waals surface area contributed by atoms with Crippen molar-refractivity contribution < 1.29 is 0 Å². The van der Waals surface area contributed by atoms with Crippen molar-refractivity contribution in [2.24, 2.45) is 0 Å². The first-order valence-corrected chi connectivity index (χ1v) is 8.78. The molecule has 0 atom stereocenters. The second-order valence-corrected chi connectivity index (χ2v) is 7.53. The van der Waals surface area contributed by atoms with Gasteiger partial charge in [-0.15, -0.1) is 0 Å². The topological polar surface area (TPSA) is 50.9 Å². The lowest BCUT2D eigenvalue weighted by Gasteiger charge is -2.40. The molecule has 3 nitrogen and oxygen atoms in total. The van der Waals surface area contributed by atoms with Gasteiger partial charge in [0.1, 0.15) is 0 Å². The smallest absolute Gasteiger partial charge is 0.0743 e. The Morgan fingerprint density at radius 3 is 2.90 bits per heavy atom. The van der Waals surface area contributed by atoms with Gasteiger partial charge in [-0.1, -0.05) is 22.4 Å². The minimum Gasteiger partial charge on any atom is -0.396 e. The fourth-order valence-corrected chi connectivity index (χ4v) is 3.93. The van der Waals surface area contributed by atoms with Crippen molar-refractivity contribution >= 4 is 50.0 Å². The van der Waals surface area contributed by atoms with E-state index in [-0.39, 0.29) is 0 Å². The molecule has 0 radical (unpaired) electrons. The number of halogens is 1. The van der Waals surface area contributed by atoms with E-state index in [4.69, 9.17) is 5.73 Å². The molecule has 1 fully saturated rings. The van der Waals surface area contributed by atoms with E-state index in [0.29, 0.717) is 10.4 Å². The molecule has 1 heterocycles. The number of pyridine rings is 1. The molecule has 106 valence electrons. The van der Waals surface area contributed by atoms with Crippen LogP contribution in [-0.2, 0) is 0 Å². The second-order valence-electron chi connectivity index (χ2n) is 5.34. The zero-order chi connectivity index (χ0) is 14.2. The zero-order valence-electron chi connectivity index (χ0n) is 11.4. The molecule has 1 aliphatic carbocycles. The standard InChI is InChI=1S/C15H18BrN3S/c1-20-15(5-2-6-15)9-19-14-11-7-10(16)3-4-13(11)18-8-12(14)17/h3-4,7-8H,2,5-6,9,17H2,1H3,(H,18,19). The summed E-state index contributed by atoms with van der Waals surface area (Å²) in [6, 6.07) is 6.09. The van der Waals surface area contributed by atoms with Crippen molar-refractivity contribution in [1.29, 1.82) is 0 Å². The van der Waals surface area contributed by atoms with Crippen molar-refractivity contribution in [1.82, 2.24) is 4.98 Å². The first kappa shape index (κ1) is 14.0. The minimum absolute atomic E-state index is 0.383. The molecule has 0 bridgehead atoms. The molecule has 3 rings (SSSR count). The summed E-state index contributed by atoms with van der Waals surface area (Å²) in [6.45, 7) is 0.962. The van der Waals surface area contributed by atoms with Crippen LogP contribution in [0.25, 0.3) is 10.9 Å². The number of aromatic nitrogens is 1. The average Bonchev–Trinajstić information content (AvgIpc) is 2.40. The minimum atomic E-state index is 0.383. The number of anilines is 2. The lowest BCUT2D eigenvalue weighted by Crippen LogP contribution is -2.40. The van der Waals surface area contributed by atoms with Crippen molar-refractivity contribution in [3.63, 3.8) is 0 Å². The molecule has 0 amide bonds. The molecule has 3 N–H and O–H groups in total. The van der Waals surface area contributed by atoms with E-state index >= 15 is 0 Å². The summed E-state index contributed by atoms with van der Waals surface area (Å²) >= 11 is 5.48. The maximum atomic E-state index is 6.12. The number of nitrogen functional groups attached to an aromatic ring is 1. The van der Waals surface area contributed by atoms with Crippen LogP contribution in [0.3, 0.4) is 0 Å². The highest BCUT2D eigenvalue weighted by molar-refractivity contribution is 9.10. The highest BCUT2D eigenvalue weighted by atomic mass is 79.9. The van der Waals surface area contributed by atoms with Crippen LogP contribution >= 0.6 is 27.7 Å². The van der Waals surface area contributed by atoms with Crippen LogP contribution in [0.1, 0.15) is 19.3 Å². The largest absolute Gasteiger partial charge is 0.396 e. The molecule has 20 heavy (non-hydrogen) atoms. The Balaban J connectivity index is 1.93. The highest BCUT2D eigenvalue weighted by Crippen LogP contribution is 2.43. The lowest BCUT2D eigenvalue weighted by atomic mass is 9.84. The molecule has 1 aliphatic rings. The van der Waals surface area contributed by atoms with Crippen LogP contribution in [0.15, 0.2) is 28.9 Å². The van der Waals surface area contributed by atoms with Crippen molar-refractivity contribution in [3.05, 3.63) is 28.9 Å². The number of nitrogens with one attached hydrogen (secondary N) is 1. The highest BCUT2D eigenvalue weighted by Gasteiger charge is 2.36. The van der Waals surface area contributed by atoms with Gasteiger partial charge < -0.3 is 11.1 Å². The van der Waals surface area contributed by atoms with E-state index in [1.165, 1.54) is 19.3 Å². The molecule has 1 aromatic heterocycles. The van der Waals surface area contributed by atoms with Crippen LogP contribution in [0.4, 0.5) is 11.4 Å². The second kappa shape index (κ2) is 5.45. The van der Waals surface area contributed by atoms with Crippen molar-refractivity contribution in [2.45, 2.75) is 24.0 Å². The van der Waals surface area contributed by atoms with Gasteiger partial charge >= 0.3 is 0 Å². The van der Waals surface area contributed by atoms with Gasteiger partial charge in [0.2, 0.25) is 0 Å². The Kier molecular flexibility index (Phi) is 3.82. The summed E-state index contributed by atoms with van der Waals surface area (Å²) < 4.78 is 1.43.